The molecule has 0 fully saturated rings. The van der Waals surface area contributed by atoms with E-state index in [1.165, 1.54) is 5.56 Å². The quantitative estimate of drug-likeness (QED) is 0.427. The van der Waals surface area contributed by atoms with Crippen molar-refractivity contribution in [1.82, 2.24) is 29.5 Å². The molecule has 3 aromatic heterocycles. The van der Waals surface area contributed by atoms with Gasteiger partial charge in [-0.15, -0.1) is 5.10 Å². The monoisotopic (exact) mass is 410 g/mol. The molecule has 1 aliphatic heterocycles. The molecule has 0 bridgehead atoms. The van der Waals surface area contributed by atoms with Crippen LogP contribution in [0.5, 0.6) is 0 Å². The molecule has 31 heavy (non-hydrogen) atoms. The molecule has 0 radical (unpaired) electrons. The Balaban J connectivity index is 1.66. The van der Waals surface area contributed by atoms with Crippen LogP contribution in [-0.2, 0) is 24.2 Å². The lowest BCUT2D eigenvalue weighted by molar-refractivity contribution is 0.180. The summed E-state index contributed by atoms with van der Waals surface area (Å²) in [5.74, 6) is 6.49. The van der Waals surface area contributed by atoms with Crippen molar-refractivity contribution in [2.75, 3.05) is 7.11 Å². The number of hydrogen-bond acceptors (Lipinski definition) is 5. The summed E-state index contributed by atoms with van der Waals surface area (Å²) in [7, 11) is 1.67. The standard InChI is InChI=1S/C24H22N6O/c1-4-17-10-18(13-25-12-17)6-7-19-22-11-23-20(14-31-3)27-28-30(23)24-9-16(2)5-8-21(24)29(22)15-26-19/h5,8-10,12-13,15H,4,11,14H2,1-3H3. The second kappa shape index (κ2) is 7.82. The van der Waals surface area contributed by atoms with Crippen LogP contribution in [0, 0.1) is 18.8 Å². The summed E-state index contributed by atoms with van der Waals surface area (Å²) in [6.07, 6.45) is 7.03. The maximum absolute atomic E-state index is 5.36. The lowest BCUT2D eigenvalue weighted by atomic mass is 10.1. The van der Waals surface area contributed by atoms with Crippen LogP contribution < -0.4 is 0 Å². The molecule has 1 aliphatic rings. The molecule has 0 amide bonds. The van der Waals surface area contributed by atoms with Crippen LogP contribution in [0.3, 0.4) is 0 Å². The molecule has 154 valence electrons. The van der Waals surface area contributed by atoms with E-state index in [0.717, 1.165) is 51.7 Å². The minimum atomic E-state index is 0.404. The Morgan fingerprint density at radius 3 is 2.84 bits per heavy atom. The first-order chi connectivity index (χ1) is 15.2. The minimum absolute atomic E-state index is 0.404. The van der Waals surface area contributed by atoms with Crippen LogP contribution in [0.1, 0.15) is 46.4 Å². The third kappa shape index (κ3) is 3.41. The maximum atomic E-state index is 5.36. The van der Waals surface area contributed by atoms with Gasteiger partial charge in [-0.2, -0.15) is 0 Å². The highest BCUT2D eigenvalue weighted by atomic mass is 16.5. The Labute approximate surface area is 180 Å². The molecule has 0 saturated carbocycles. The topological polar surface area (TPSA) is 70.7 Å². The Bertz CT molecular complexity index is 1340. The van der Waals surface area contributed by atoms with Crippen molar-refractivity contribution >= 4 is 0 Å². The summed E-state index contributed by atoms with van der Waals surface area (Å²) < 4.78 is 9.37. The van der Waals surface area contributed by atoms with Crippen molar-refractivity contribution in [2.45, 2.75) is 33.3 Å². The molecular weight excluding hydrogens is 388 g/mol. The zero-order valence-electron chi connectivity index (χ0n) is 17.8. The fourth-order valence-electron chi connectivity index (χ4n) is 3.85. The molecule has 0 N–H and O–H groups in total. The summed E-state index contributed by atoms with van der Waals surface area (Å²) in [6.45, 7) is 4.58. The van der Waals surface area contributed by atoms with Gasteiger partial charge in [0.2, 0.25) is 0 Å². The van der Waals surface area contributed by atoms with Crippen molar-refractivity contribution in [2.24, 2.45) is 0 Å². The van der Waals surface area contributed by atoms with Gasteiger partial charge in [-0.25, -0.2) is 9.67 Å². The molecule has 0 spiro atoms. The van der Waals surface area contributed by atoms with Crippen LogP contribution in [-0.4, -0.2) is 36.6 Å². The summed E-state index contributed by atoms with van der Waals surface area (Å²) >= 11 is 0. The van der Waals surface area contributed by atoms with Gasteiger partial charge in [-0.3, -0.25) is 9.55 Å². The second-order valence-electron chi connectivity index (χ2n) is 7.59. The van der Waals surface area contributed by atoms with Crippen LogP contribution in [0.2, 0.25) is 0 Å². The Kier molecular flexibility index (Phi) is 4.85. The summed E-state index contributed by atoms with van der Waals surface area (Å²) in [5, 5.41) is 8.80. The molecule has 4 heterocycles. The van der Waals surface area contributed by atoms with Crippen LogP contribution in [0.15, 0.2) is 43.0 Å². The highest BCUT2D eigenvalue weighted by molar-refractivity contribution is 5.58. The highest BCUT2D eigenvalue weighted by Gasteiger charge is 2.25. The number of rotatable bonds is 3. The molecule has 0 unspecified atom stereocenters. The predicted molar refractivity (Wildman–Crippen MR) is 116 cm³/mol. The Hall–Kier alpha value is -3.76. The molecular formula is C24H22N6O. The SMILES string of the molecule is CCc1cncc(C#Cc2ncn3c2Cc2c(COC)nnn2-c2cc(C)ccc2-3)c1. The molecule has 1 aromatic carbocycles. The van der Waals surface area contributed by atoms with Gasteiger partial charge >= 0.3 is 0 Å². The molecule has 5 rings (SSSR count). The minimum Gasteiger partial charge on any atom is -0.378 e. The van der Waals surface area contributed by atoms with Crippen molar-refractivity contribution in [3.05, 3.63) is 82.5 Å². The number of hydrogen-bond donors (Lipinski definition) is 0. The zero-order valence-corrected chi connectivity index (χ0v) is 17.8. The van der Waals surface area contributed by atoms with Gasteiger partial charge in [0, 0.05) is 31.5 Å². The van der Waals surface area contributed by atoms with E-state index in [1.807, 2.05) is 17.2 Å². The Morgan fingerprint density at radius 2 is 2.00 bits per heavy atom. The van der Waals surface area contributed by atoms with Crippen LogP contribution in [0.4, 0.5) is 0 Å². The number of methoxy groups -OCH3 is 1. The number of fused-ring (bicyclic) bond motifs is 5. The normalized spacial score (nSPS) is 11.7. The number of benzene rings is 1. The lowest BCUT2D eigenvalue weighted by Crippen LogP contribution is -2.04. The van der Waals surface area contributed by atoms with Crippen LogP contribution in [0.25, 0.3) is 11.4 Å². The number of nitrogens with zero attached hydrogens (tertiary/aromatic N) is 6. The van der Waals surface area contributed by atoms with Gasteiger partial charge in [0.05, 0.1) is 29.4 Å². The van der Waals surface area contributed by atoms with E-state index in [4.69, 9.17) is 4.74 Å². The molecule has 7 heteroatoms. The average Bonchev–Trinajstić information content (AvgIpc) is 3.34. The molecule has 4 aromatic rings. The van der Waals surface area contributed by atoms with E-state index < -0.39 is 0 Å². The van der Waals surface area contributed by atoms with Gasteiger partial charge in [-0.1, -0.05) is 24.1 Å². The summed E-state index contributed by atoms with van der Waals surface area (Å²) in [6, 6.07) is 8.37. The second-order valence-corrected chi connectivity index (χ2v) is 7.59. The molecule has 7 nitrogen and oxygen atoms in total. The van der Waals surface area contributed by atoms with Gasteiger partial charge < -0.3 is 4.74 Å². The van der Waals surface area contributed by atoms with E-state index >= 15 is 0 Å². The number of aromatic nitrogens is 6. The highest BCUT2D eigenvalue weighted by Crippen LogP contribution is 2.30. The zero-order chi connectivity index (χ0) is 21.4. The largest absolute Gasteiger partial charge is 0.378 e. The number of aryl methyl sites for hydroxylation is 2. The third-order valence-corrected chi connectivity index (χ3v) is 5.47. The lowest BCUT2D eigenvalue weighted by Gasteiger charge is -2.10. The summed E-state index contributed by atoms with van der Waals surface area (Å²) in [4.78, 5) is 8.93. The van der Waals surface area contributed by atoms with E-state index in [-0.39, 0.29) is 0 Å². The van der Waals surface area contributed by atoms with E-state index in [1.54, 1.807) is 13.3 Å². The first kappa shape index (κ1) is 19.2. The van der Waals surface area contributed by atoms with Crippen LogP contribution >= 0.6 is 0 Å². The van der Waals surface area contributed by atoms with E-state index in [0.29, 0.717) is 13.0 Å². The van der Waals surface area contributed by atoms with Gasteiger partial charge in [0.15, 0.2) is 0 Å². The number of ether oxygens (including phenoxy) is 1. The fourth-order valence-corrected chi connectivity index (χ4v) is 3.85. The third-order valence-electron chi connectivity index (χ3n) is 5.47. The predicted octanol–water partition coefficient (Wildman–Crippen LogP) is 3.17. The molecule has 0 aliphatic carbocycles. The van der Waals surface area contributed by atoms with Crippen molar-refractivity contribution in [3.8, 4) is 23.2 Å². The fraction of sp³-hybridized carbons (Fsp3) is 0.250. The first-order valence-corrected chi connectivity index (χ1v) is 10.2. The summed E-state index contributed by atoms with van der Waals surface area (Å²) in [5.41, 5.74) is 8.75. The van der Waals surface area contributed by atoms with Crippen molar-refractivity contribution in [3.63, 3.8) is 0 Å². The van der Waals surface area contributed by atoms with Gasteiger partial charge in [-0.05, 0) is 48.6 Å². The maximum Gasteiger partial charge on any atom is 0.135 e. The number of pyridine rings is 1. The smallest absolute Gasteiger partial charge is 0.135 e. The van der Waals surface area contributed by atoms with Crippen molar-refractivity contribution in [1.29, 1.82) is 0 Å². The first-order valence-electron chi connectivity index (χ1n) is 10.2. The molecule has 0 atom stereocenters. The number of imidazole rings is 1. The van der Waals surface area contributed by atoms with E-state index in [9.17, 15) is 0 Å². The van der Waals surface area contributed by atoms with Crippen molar-refractivity contribution < 1.29 is 4.74 Å². The van der Waals surface area contributed by atoms with E-state index in [2.05, 4.69) is 74.8 Å². The van der Waals surface area contributed by atoms with Gasteiger partial charge in [0.25, 0.3) is 0 Å². The molecule has 0 saturated heterocycles. The van der Waals surface area contributed by atoms with Gasteiger partial charge in [0.1, 0.15) is 17.7 Å². The average molecular weight is 410 g/mol. The Morgan fingerprint density at radius 1 is 1.10 bits per heavy atom.